The summed E-state index contributed by atoms with van der Waals surface area (Å²) >= 11 is 5.66. The van der Waals surface area contributed by atoms with Crippen molar-refractivity contribution < 1.29 is 18.7 Å². The fraction of sp³-hybridized carbons (Fsp3) is 0.400. The Kier molecular flexibility index (Phi) is 9.81. The molecule has 3 fully saturated rings. The Morgan fingerprint density at radius 2 is 1.65 bits per heavy atom. The van der Waals surface area contributed by atoms with Crippen LogP contribution in [0.5, 0.6) is 0 Å². The lowest BCUT2D eigenvalue weighted by Gasteiger charge is -2.47. The van der Waals surface area contributed by atoms with Gasteiger partial charge in [-0.3, -0.25) is 9.59 Å². The van der Waals surface area contributed by atoms with E-state index < -0.39 is 11.4 Å². The fourth-order valence-corrected chi connectivity index (χ4v) is 6.84. The van der Waals surface area contributed by atoms with Crippen molar-refractivity contribution in [1.82, 2.24) is 20.0 Å². The fourth-order valence-electron chi connectivity index (χ4n) is 6.56. The van der Waals surface area contributed by atoms with Gasteiger partial charge in [0.25, 0.3) is 0 Å². The zero-order chi connectivity index (χ0) is 32.1. The number of hydrogen-bond acceptors (Lipinski definition) is 6. The van der Waals surface area contributed by atoms with Crippen LogP contribution in [-0.2, 0) is 20.9 Å². The van der Waals surface area contributed by atoms with Gasteiger partial charge in [-0.05, 0) is 68.0 Å². The second-order valence-electron chi connectivity index (χ2n) is 12.3. The number of amides is 2. The Morgan fingerprint density at radius 3 is 2.35 bits per heavy atom. The molecule has 11 heteroatoms. The zero-order valence-electron chi connectivity index (χ0n) is 26.2. The molecule has 1 atom stereocenters. The molecule has 242 valence electrons. The molecule has 0 aromatic heterocycles. The van der Waals surface area contributed by atoms with Crippen LogP contribution in [0, 0.1) is 5.82 Å². The highest BCUT2D eigenvalue weighted by molar-refractivity contribution is 7.80. The number of piperidine rings is 1. The molecule has 3 saturated heterocycles. The number of halogens is 1. The predicted octanol–water partition coefficient (Wildman–Crippen LogP) is 4.03. The lowest BCUT2D eigenvalue weighted by molar-refractivity contribution is -0.150. The molecule has 3 aliphatic rings. The summed E-state index contributed by atoms with van der Waals surface area (Å²) in [5.74, 6) is -0.956. The van der Waals surface area contributed by atoms with Crippen LogP contribution in [0.4, 0.5) is 15.8 Å². The first-order chi connectivity index (χ1) is 22.3. The zero-order valence-corrected chi connectivity index (χ0v) is 27.0. The van der Waals surface area contributed by atoms with Gasteiger partial charge in [-0.25, -0.2) is 4.39 Å². The van der Waals surface area contributed by atoms with E-state index in [1.807, 2.05) is 66.5 Å². The van der Waals surface area contributed by atoms with Crippen molar-refractivity contribution in [3.05, 3.63) is 95.8 Å². The van der Waals surface area contributed by atoms with Gasteiger partial charge in [-0.2, -0.15) is 0 Å². The molecule has 6 rings (SSSR count). The molecule has 3 aliphatic heterocycles. The maximum atomic E-state index is 15.1. The highest BCUT2D eigenvalue weighted by atomic mass is 32.1. The Balaban J connectivity index is 1.27. The molecule has 0 radical (unpaired) electrons. The molecular formula is C35H41FN6O3S. The van der Waals surface area contributed by atoms with Crippen molar-refractivity contribution in [2.45, 2.75) is 31.0 Å². The maximum Gasteiger partial charge on any atom is 0.250 e. The van der Waals surface area contributed by atoms with Gasteiger partial charge >= 0.3 is 0 Å². The number of ether oxygens (including phenoxy) is 1. The van der Waals surface area contributed by atoms with Gasteiger partial charge in [-0.1, -0.05) is 48.5 Å². The third-order valence-corrected chi connectivity index (χ3v) is 9.73. The van der Waals surface area contributed by atoms with Crippen LogP contribution in [0.25, 0.3) is 0 Å². The molecule has 3 heterocycles. The summed E-state index contributed by atoms with van der Waals surface area (Å²) in [6, 6.07) is 24.1. The average molecular weight is 645 g/mol. The Morgan fingerprint density at radius 1 is 0.978 bits per heavy atom. The van der Waals surface area contributed by atoms with Gasteiger partial charge < -0.3 is 35.0 Å². The van der Waals surface area contributed by atoms with Crippen molar-refractivity contribution in [3.8, 4) is 0 Å². The van der Waals surface area contributed by atoms with Crippen molar-refractivity contribution in [1.29, 1.82) is 0 Å². The minimum atomic E-state index is -1.19. The van der Waals surface area contributed by atoms with E-state index in [4.69, 9.17) is 17.0 Å². The normalized spacial score (nSPS) is 19.9. The molecule has 9 nitrogen and oxygen atoms in total. The van der Waals surface area contributed by atoms with E-state index in [-0.39, 0.29) is 30.9 Å². The molecule has 3 aromatic carbocycles. The summed E-state index contributed by atoms with van der Waals surface area (Å²) in [7, 11) is 2.01. The molecule has 0 saturated carbocycles. The van der Waals surface area contributed by atoms with Crippen molar-refractivity contribution >= 4 is 40.5 Å². The van der Waals surface area contributed by atoms with E-state index >= 15 is 4.39 Å². The SMILES string of the molecule is CN1CCC(C(=O)Nc2ccc(N3CCOCC3)cc2)(N(Cc2ccccc2F)C(=O)CN2CC(c3ccccc3)NC2=S)CC1. The van der Waals surface area contributed by atoms with Crippen LogP contribution in [0.15, 0.2) is 78.9 Å². The van der Waals surface area contributed by atoms with Gasteiger partial charge in [-0.15, -0.1) is 0 Å². The third kappa shape index (κ3) is 7.01. The second-order valence-corrected chi connectivity index (χ2v) is 12.7. The van der Waals surface area contributed by atoms with Crippen molar-refractivity contribution in [2.75, 3.05) is 69.7 Å². The Bertz CT molecular complexity index is 1530. The first kappa shape index (κ1) is 31.9. The standard InChI is InChI=1S/C35H41FN6O3S/c1-39-17-15-35(16-18-39,33(44)37-28-11-13-29(14-12-28)40-19-21-45-22-20-40)42(23-27-9-5-6-10-30(27)36)32(43)25-41-24-31(38-34(41)46)26-7-3-2-4-8-26/h2-14,31H,15-25H2,1H3,(H,37,44)(H,38,46). The number of thiocarbonyl (C=S) groups is 1. The number of nitrogens with zero attached hydrogens (tertiary/aromatic N) is 4. The van der Waals surface area contributed by atoms with Gasteiger partial charge in [0, 0.05) is 56.2 Å². The molecule has 2 amide bonds. The minimum Gasteiger partial charge on any atom is -0.378 e. The highest BCUT2D eigenvalue weighted by Crippen LogP contribution is 2.34. The molecule has 0 bridgehead atoms. The number of benzene rings is 3. The van der Waals surface area contributed by atoms with Crippen LogP contribution in [0.1, 0.15) is 30.0 Å². The Hall–Kier alpha value is -4.06. The monoisotopic (exact) mass is 644 g/mol. The minimum absolute atomic E-state index is 0.0251. The number of rotatable bonds is 9. The van der Waals surface area contributed by atoms with E-state index in [1.54, 1.807) is 23.1 Å². The number of carbonyl (C=O) groups excluding carboxylic acids is 2. The first-order valence-electron chi connectivity index (χ1n) is 15.9. The quantitative estimate of drug-likeness (QED) is 0.339. The number of anilines is 2. The maximum absolute atomic E-state index is 15.1. The smallest absolute Gasteiger partial charge is 0.250 e. The van der Waals surface area contributed by atoms with Gasteiger partial charge in [0.05, 0.1) is 25.8 Å². The molecule has 0 aliphatic carbocycles. The lowest BCUT2D eigenvalue weighted by Crippen LogP contribution is -2.64. The summed E-state index contributed by atoms with van der Waals surface area (Å²) in [5, 5.41) is 6.94. The van der Waals surface area contributed by atoms with Crippen molar-refractivity contribution in [2.24, 2.45) is 0 Å². The number of nitrogens with one attached hydrogen (secondary N) is 2. The van der Waals surface area contributed by atoms with E-state index in [2.05, 4.69) is 20.4 Å². The van der Waals surface area contributed by atoms with Crippen molar-refractivity contribution in [3.63, 3.8) is 0 Å². The van der Waals surface area contributed by atoms with Crippen LogP contribution in [0.2, 0.25) is 0 Å². The van der Waals surface area contributed by atoms with Crippen LogP contribution >= 0.6 is 12.2 Å². The topological polar surface area (TPSA) is 80.4 Å². The van der Waals surface area contributed by atoms with Gasteiger partial charge in [0.1, 0.15) is 11.4 Å². The molecule has 3 aromatic rings. The molecule has 1 unspecified atom stereocenters. The first-order valence-corrected chi connectivity index (χ1v) is 16.3. The third-order valence-electron chi connectivity index (χ3n) is 9.36. The number of likely N-dealkylation sites (tertiary alicyclic amines) is 1. The molecule has 46 heavy (non-hydrogen) atoms. The van der Waals surface area contributed by atoms with E-state index in [0.29, 0.717) is 62.1 Å². The summed E-state index contributed by atoms with van der Waals surface area (Å²) in [4.78, 5) is 36.7. The lowest BCUT2D eigenvalue weighted by atomic mass is 9.83. The van der Waals surface area contributed by atoms with Crippen LogP contribution < -0.4 is 15.5 Å². The number of carbonyl (C=O) groups is 2. The largest absolute Gasteiger partial charge is 0.378 e. The predicted molar refractivity (Wildman–Crippen MR) is 181 cm³/mol. The Labute approximate surface area is 275 Å². The van der Waals surface area contributed by atoms with E-state index in [9.17, 15) is 9.59 Å². The highest BCUT2D eigenvalue weighted by Gasteiger charge is 2.48. The van der Waals surface area contributed by atoms with Crippen LogP contribution in [-0.4, -0.2) is 96.7 Å². The summed E-state index contributed by atoms with van der Waals surface area (Å²) < 4.78 is 20.6. The molecular weight excluding hydrogens is 603 g/mol. The molecule has 2 N–H and O–H groups in total. The second kappa shape index (κ2) is 14.1. The molecule has 0 spiro atoms. The van der Waals surface area contributed by atoms with Crippen LogP contribution in [0.3, 0.4) is 0 Å². The number of hydrogen-bond donors (Lipinski definition) is 2. The summed E-state index contributed by atoms with van der Waals surface area (Å²) in [5.41, 5.74) is 1.96. The van der Waals surface area contributed by atoms with Gasteiger partial charge in [0.2, 0.25) is 11.8 Å². The average Bonchev–Trinajstić information content (AvgIpc) is 3.45. The number of morpholine rings is 1. The van der Waals surface area contributed by atoms with E-state index in [1.165, 1.54) is 6.07 Å². The van der Waals surface area contributed by atoms with Gasteiger partial charge in [0.15, 0.2) is 5.11 Å². The summed E-state index contributed by atoms with van der Waals surface area (Å²) in [6.45, 7) is 4.69. The van der Waals surface area contributed by atoms with E-state index in [0.717, 1.165) is 24.3 Å². The summed E-state index contributed by atoms with van der Waals surface area (Å²) in [6.07, 6.45) is 0.827.